The molecule has 0 saturated heterocycles. The summed E-state index contributed by atoms with van der Waals surface area (Å²) in [5.41, 5.74) is 1.86. The largest absolute Gasteiger partial charge is 0.453 e. The van der Waals surface area contributed by atoms with E-state index in [1.54, 1.807) is 48.7 Å². The number of ether oxygens (including phenoxy) is 1. The zero-order chi connectivity index (χ0) is 23.8. The molecule has 9 heteroatoms. The average Bonchev–Trinajstić information content (AvgIpc) is 3.10. The highest BCUT2D eigenvalue weighted by atomic mass is 19.4. The zero-order valence-electron chi connectivity index (χ0n) is 17.7. The normalized spacial score (nSPS) is 11.5. The van der Waals surface area contributed by atoms with Crippen LogP contribution in [0.5, 0.6) is 0 Å². The molecule has 33 heavy (non-hydrogen) atoms. The third kappa shape index (κ3) is 4.48. The highest BCUT2D eigenvalue weighted by molar-refractivity contribution is 6.00. The van der Waals surface area contributed by atoms with Crippen LogP contribution in [0.15, 0.2) is 60.8 Å². The van der Waals surface area contributed by atoms with Crippen LogP contribution in [-0.4, -0.2) is 32.9 Å². The van der Waals surface area contributed by atoms with E-state index in [0.717, 1.165) is 12.1 Å². The Hall–Kier alpha value is -4.01. The van der Waals surface area contributed by atoms with Crippen molar-refractivity contribution in [1.82, 2.24) is 14.5 Å². The highest BCUT2D eigenvalue weighted by Crippen LogP contribution is 2.31. The lowest BCUT2D eigenvalue weighted by molar-refractivity contribution is -0.137. The molecule has 168 valence electrons. The molecule has 2 aromatic heterocycles. The van der Waals surface area contributed by atoms with Gasteiger partial charge in [-0.1, -0.05) is 18.2 Å². The van der Waals surface area contributed by atoms with Crippen molar-refractivity contribution in [1.29, 1.82) is 0 Å². The van der Waals surface area contributed by atoms with Gasteiger partial charge in [0.1, 0.15) is 0 Å². The van der Waals surface area contributed by atoms with E-state index >= 15 is 0 Å². The number of fused-ring (bicyclic) bond motifs is 1. The molecule has 0 fully saturated rings. The smallest absolute Gasteiger partial charge is 0.416 e. The molecule has 0 atom stereocenters. The molecule has 0 radical (unpaired) electrons. The van der Waals surface area contributed by atoms with Gasteiger partial charge in [-0.15, -0.1) is 0 Å². The Morgan fingerprint density at radius 3 is 2.45 bits per heavy atom. The number of benzene rings is 2. The number of hydrogen-bond donors (Lipinski definition) is 0. The van der Waals surface area contributed by atoms with E-state index in [2.05, 4.69) is 9.97 Å². The first-order chi connectivity index (χ1) is 15.6. The van der Waals surface area contributed by atoms with E-state index in [9.17, 15) is 22.8 Å². The van der Waals surface area contributed by atoms with E-state index in [4.69, 9.17) is 4.74 Å². The van der Waals surface area contributed by atoms with Gasteiger partial charge in [0.15, 0.2) is 12.3 Å². The molecule has 0 aliphatic carbocycles. The van der Waals surface area contributed by atoms with Crippen LogP contribution in [0.25, 0.3) is 16.7 Å². The lowest BCUT2D eigenvalue weighted by atomic mass is 10.1. The monoisotopic (exact) mass is 453 g/mol. The number of aryl methyl sites for hydroxylation is 1. The van der Waals surface area contributed by atoms with Crippen LogP contribution in [0.2, 0.25) is 0 Å². The first-order valence-electron chi connectivity index (χ1n) is 9.94. The maximum atomic E-state index is 13.1. The molecule has 2 heterocycles. The Labute approximate surface area is 186 Å². The first-order valence-corrected chi connectivity index (χ1v) is 9.94. The fraction of sp³-hybridized carbons (Fsp3) is 0.167. The minimum Gasteiger partial charge on any atom is -0.453 e. The number of ketones is 1. The van der Waals surface area contributed by atoms with Gasteiger partial charge in [-0.05, 0) is 50.2 Å². The van der Waals surface area contributed by atoms with Gasteiger partial charge in [-0.3, -0.25) is 9.78 Å². The molecular formula is C24H18F3N3O3. The summed E-state index contributed by atoms with van der Waals surface area (Å²) in [5, 5.41) is 0. The van der Waals surface area contributed by atoms with Gasteiger partial charge in [-0.2, -0.15) is 13.2 Å². The second-order valence-corrected chi connectivity index (χ2v) is 7.41. The van der Waals surface area contributed by atoms with Gasteiger partial charge >= 0.3 is 12.1 Å². The Morgan fingerprint density at radius 2 is 1.73 bits per heavy atom. The van der Waals surface area contributed by atoms with Crippen LogP contribution in [-0.2, 0) is 10.9 Å². The number of alkyl halides is 3. The predicted molar refractivity (Wildman–Crippen MR) is 114 cm³/mol. The summed E-state index contributed by atoms with van der Waals surface area (Å²) in [5.74, 6) is -1.28. The SMILES string of the molecule is Cc1cc(C(=O)COC(=O)c2cnc3ccccc3n2)c(C)n1-c1cccc(C(F)(F)F)c1. The summed E-state index contributed by atoms with van der Waals surface area (Å²) < 4.78 is 46.0. The maximum absolute atomic E-state index is 13.1. The van der Waals surface area contributed by atoms with Crippen molar-refractivity contribution < 1.29 is 27.5 Å². The number of nitrogens with zero attached hydrogens (tertiary/aromatic N) is 3. The minimum atomic E-state index is -4.48. The number of rotatable bonds is 5. The molecular weight excluding hydrogens is 435 g/mol. The molecule has 0 amide bonds. The fourth-order valence-electron chi connectivity index (χ4n) is 3.60. The van der Waals surface area contributed by atoms with Crippen molar-refractivity contribution in [3.8, 4) is 5.69 Å². The molecule has 0 aliphatic heterocycles. The molecule has 6 nitrogen and oxygen atoms in total. The van der Waals surface area contributed by atoms with Crippen LogP contribution in [0.4, 0.5) is 13.2 Å². The second-order valence-electron chi connectivity index (χ2n) is 7.41. The average molecular weight is 453 g/mol. The van der Waals surface area contributed by atoms with Crippen molar-refractivity contribution in [3.05, 3.63) is 89.0 Å². The van der Waals surface area contributed by atoms with Gasteiger partial charge in [-0.25, -0.2) is 9.78 Å². The third-order valence-electron chi connectivity index (χ3n) is 5.16. The number of esters is 1. The molecule has 0 saturated carbocycles. The summed E-state index contributed by atoms with van der Waals surface area (Å²) in [4.78, 5) is 33.4. The van der Waals surface area contributed by atoms with Crippen LogP contribution in [0.3, 0.4) is 0 Å². The van der Waals surface area contributed by atoms with Gasteiger partial charge in [0.2, 0.25) is 5.78 Å². The number of hydrogen-bond acceptors (Lipinski definition) is 5. The van der Waals surface area contributed by atoms with Gasteiger partial charge in [0.05, 0.1) is 22.8 Å². The van der Waals surface area contributed by atoms with Crippen molar-refractivity contribution in [2.45, 2.75) is 20.0 Å². The first kappa shape index (κ1) is 22.2. The Morgan fingerprint density at radius 1 is 1.00 bits per heavy atom. The molecule has 4 aromatic rings. The Bertz CT molecular complexity index is 1380. The number of aromatic nitrogens is 3. The summed E-state index contributed by atoms with van der Waals surface area (Å²) in [7, 11) is 0. The summed E-state index contributed by atoms with van der Waals surface area (Å²) in [6, 6.07) is 13.4. The second kappa shape index (κ2) is 8.50. The summed E-state index contributed by atoms with van der Waals surface area (Å²) in [6.45, 7) is 2.76. The van der Waals surface area contributed by atoms with Gasteiger partial charge in [0.25, 0.3) is 0 Å². The molecule has 4 rings (SSSR count). The molecule has 0 aliphatic rings. The Balaban J connectivity index is 1.53. The highest BCUT2D eigenvalue weighted by Gasteiger charge is 2.31. The summed E-state index contributed by atoms with van der Waals surface area (Å²) in [6.07, 6.45) is -3.21. The number of para-hydroxylation sites is 2. The van der Waals surface area contributed by atoms with E-state index in [1.165, 1.54) is 18.3 Å². The number of halogens is 3. The Kier molecular flexibility index (Phi) is 5.71. The van der Waals surface area contributed by atoms with Crippen molar-refractivity contribution in [3.63, 3.8) is 0 Å². The van der Waals surface area contributed by atoms with Crippen LogP contribution in [0.1, 0.15) is 37.8 Å². The standard InChI is InChI=1S/C24H18F3N3O3/c1-14-10-18(15(2)30(14)17-7-5-6-16(11-17)24(25,26)27)22(31)13-33-23(32)21-12-28-19-8-3-4-9-20(19)29-21/h3-12H,13H2,1-2H3. The third-order valence-corrected chi connectivity index (χ3v) is 5.16. The lowest BCUT2D eigenvalue weighted by Gasteiger charge is -2.13. The molecule has 0 N–H and O–H groups in total. The molecule has 0 unspecified atom stereocenters. The van der Waals surface area contributed by atoms with Crippen molar-refractivity contribution in [2.24, 2.45) is 0 Å². The fourth-order valence-corrected chi connectivity index (χ4v) is 3.60. The van der Waals surface area contributed by atoms with E-state index in [0.29, 0.717) is 22.4 Å². The number of carbonyl (C=O) groups is 2. The van der Waals surface area contributed by atoms with E-state index < -0.39 is 30.1 Å². The van der Waals surface area contributed by atoms with Crippen molar-refractivity contribution in [2.75, 3.05) is 6.61 Å². The van der Waals surface area contributed by atoms with E-state index in [-0.39, 0.29) is 16.9 Å². The molecule has 0 bridgehead atoms. The van der Waals surface area contributed by atoms with Crippen LogP contribution in [0, 0.1) is 13.8 Å². The van der Waals surface area contributed by atoms with Crippen molar-refractivity contribution >= 4 is 22.8 Å². The predicted octanol–water partition coefficient (Wildman–Crippen LogP) is 5.10. The van der Waals surface area contributed by atoms with Crippen LogP contribution >= 0.6 is 0 Å². The zero-order valence-corrected chi connectivity index (χ0v) is 17.7. The topological polar surface area (TPSA) is 74.1 Å². The lowest BCUT2D eigenvalue weighted by Crippen LogP contribution is -2.16. The minimum absolute atomic E-state index is 0.0315. The molecule has 2 aromatic carbocycles. The number of Topliss-reactive ketones (excluding diaryl/α,β-unsaturated/α-hetero) is 1. The number of carbonyl (C=O) groups excluding carboxylic acids is 2. The summed E-state index contributed by atoms with van der Waals surface area (Å²) >= 11 is 0. The quantitative estimate of drug-likeness (QED) is 0.311. The van der Waals surface area contributed by atoms with E-state index in [1.807, 2.05) is 0 Å². The van der Waals surface area contributed by atoms with Crippen LogP contribution < -0.4 is 0 Å². The maximum Gasteiger partial charge on any atom is 0.416 e. The van der Waals surface area contributed by atoms with Gasteiger partial charge < -0.3 is 9.30 Å². The van der Waals surface area contributed by atoms with Gasteiger partial charge in [0, 0.05) is 22.6 Å². The molecule has 0 spiro atoms.